The Morgan fingerprint density at radius 1 is 1.10 bits per heavy atom. The highest BCUT2D eigenvalue weighted by molar-refractivity contribution is 5.98. The molecule has 1 heterocycles. The van der Waals surface area contributed by atoms with Crippen molar-refractivity contribution in [3.8, 4) is 0 Å². The lowest BCUT2D eigenvalue weighted by Crippen LogP contribution is -2.43. The summed E-state index contributed by atoms with van der Waals surface area (Å²) in [5, 5.41) is 3.92. The van der Waals surface area contributed by atoms with E-state index >= 15 is 0 Å². The number of hydrogen-bond donors (Lipinski definition) is 0. The van der Waals surface area contributed by atoms with Gasteiger partial charge in [-0.1, -0.05) is 17.3 Å². The van der Waals surface area contributed by atoms with Crippen molar-refractivity contribution in [3.63, 3.8) is 0 Å². The number of oxime groups is 1. The number of likely N-dealkylation sites (tertiary alicyclic amines) is 1. The zero-order chi connectivity index (χ0) is 22.4. The fourth-order valence-electron chi connectivity index (χ4n) is 2.88. The number of hydrogen-bond acceptors (Lipinski definition) is 5. The molecule has 0 radical (unpaired) electrons. The Kier molecular flexibility index (Phi) is 8.11. The van der Waals surface area contributed by atoms with Gasteiger partial charge >= 0.3 is 12.3 Å². The molecule has 1 amide bonds. The first kappa shape index (κ1) is 24.0. The van der Waals surface area contributed by atoms with Crippen molar-refractivity contribution in [1.29, 1.82) is 0 Å². The highest BCUT2D eigenvalue weighted by Gasteiger charge is 2.30. The molecule has 168 valence electrons. The maximum atomic E-state index is 12.6. The van der Waals surface area contributed by atoms with Crippen LogP contribution in [0.15, 0.2) is 29.4 Å². The van der Waals surface area contributed by atoms with Gasteiger partial charge < -0.3 is 19.2 Å². The molecule has 2 rings (SSSR count). The van der Waals surface area contributed by atoms with Crippen LogP contribution >= 0.6 is 0 Å². The molecule has 1 aromatic rings. The summed E-state index contributed by atoms with van der Waals surface area (Å²) in [7, 11) is 0. The Hall–Kier alpha value is -2.29. The summed E-state index contributed by atoms with van der Waals surface area (Å²) in [5.74, 6) is 0. The number of alkyl halides is 3. The average molecular weight is 430 g/mol. The minimum Gasteiger partial charge on any atom is -0.444 e. The van der Waals surface area contributed by atoms with Gasteiger partial charge in [-0.05, 0) is 58.2 Å². The number of carbonyl (C=O) groups is 1. The molecule has 30 heavy (non-hydrogen) atoms. The quantitative estimate of drug-likeness (QED) is 0.367. The monoisotopic (exact) mass is 430 g/mol. The second kappa shape index (κ2) is 10.1. The zero-order valence-corrected chi connectivity index (χ0v) is 17.8. The Balaban J connectivity index is 1.66. The van der Waals surface area contributed by atoms with Gasteiger partial charge in [0.05, 0.1) is 24.0 Å². The molecule has 0 spiro atoms. The molecule has 0 unspecified atom stereocenters. The fraction of sp³-hybridized carbons (Fsp3) is 0.619. The maximum Gasteiger partial charge on any atom is 0.416 e. The van der Waals surface area contributed by atoms with E-state index in [9.17, 15) is 18.0 Å². The number of benzene rings is 1. The molecule has 9 heteroatoms. The topological polar surface area (TPSA) is 60.4 Å². The van der Waals surface area contributed by atoms with Gasteiger partial charge in [0.2, 0.25) is 0 Å². The molecular weight excluding hydrogens is 401 g/mol. The predicted molar refractivity (Wildman–Crippen MR) is 106 cm³/mol. The van der Waals surface area contributed by atoms with E-state index in [-0.39, 0.29) is 18.8 Å². The number of nitrogens with zero attached hydrogens (tertiary/aromatic N) is 2. The number of ether oxygens (including phenoxy) is 2. The Morgan fingerprint density at radius 3 is 2.23 bits per heavy atom. The smallest absolute Gasteiger partial charge is 0.416 e. The largest absolute Gasteiger partial charge is 0.444 e. The van der Waals surface area contributed by atoms with Crippen LogP contribution in [0.1, 0.15) is 51.7 Å². The molecule has 1 aliphatic heterocycles. The van der Waals surface area contributed by atoms with E-state index in [1.54, 1.807) is 11.8 Å². The van der Waals surface area contributed by atoms with Crippen LogP contribution in [-0.4, -0.2) is 54.7 Å². The highest BCUT2D eigenvalue weighted by atomic mass is 19.4. The van der Waals surface area contributed by atoms with Gasteiger partial charge in [-0.3, -0.25) is 0 Å². The van der Waals surface area contributed by atoms with Gasteiger partial charge in [0, 0.05) is 13.1 Å². The van der Waals surface area contributed by atoms with Gasteiger partial charge in [-0.2, -0.15) is 13.2 Å². The highest BCUT2D eigenvalue weighted by Crippen LogP contribution is 2.29. The van der Waals surface area contributed by atoms with Gasteiger partial charge in [0.25, 0.3) is 0 Å². The minimum absolute atomic E-state index is 0.0345. The normalized spacial score (nSPS) is 16.5. The summed E-state index contributed by atoms with van der Waals surface area (Å²) in [5.41, 5.74) is -0.181. The van der Waals surface area contributed by atoms with E-state index < -0.39 is 17.3 Å². The van der Waals surface area contributed by atoms with E-state index in [0.29, 0.717) is 43.8 Å². The van der Waals surface area contributed by atoms with Gasteiger partial charge in [0.1, 0.15) is 12.2 Å². The van der Waals surface area contributed by atoms with Gasteiger partial charge in [-0.25, -0.2) is 4.79 Å². The fourth-order valence-corrected chi connectivity index (χ4v) is 2.88. The third kappa shape index (κ3) is 7.85. The Labute approximate surface area is 175 Å². The van der Waals surface area contributed by atoms with Crippen LogP contribution in [-0.2, 0) is 20.5 Å². The number of amides is 1. The van der Waals surface area contributed by atoms with Crippen LogP contribution in [0.4, 0.5) is 18.0 Å². The maximum absolute atomic E-state index is 12.6. The average Bonchev–Trinajstić information content (AvgIpc) is 2.66. The van der Waals surface area contributed by atoms with E-state index in [2.05, 4.69) is 5.16 Å². The molecular formula is C21H29F3N2O4. The molecule has 0 bridgehead atoms. The van der Waals surface area contributed by atoms with Crippen LogP contribution in [0.3, 0.4) is 0 Å². The molecule has 1 aliphatic rings. The van der Waals surface area contributed by atoms with Crippen LogP contribution in [0.2, 0.25) is 0 Å². The minimum atomic E-state index is -4.36. The standard InChI is InChI=1S/C21H29F3N2O4/c1-15(16-5-7-17(8-6-16)21(22,23)24)25-29-14-13-28-18-9-11-26(12-10-18)19(27)30-20(2,3)4/h5-8,18H,9-14H2,1-4H3. The van der Waals surface area contributed by atoms with E-state index in [1.165, 1.54) is 12.1 Å². The lowest BCUT2D eigenvalue weighted by atomic mass is 10.1. The van der Waals surface area contributed by atoms with Crippen LogP contribution in [0.5, 0.6) is 0 Å². The second-order valence-electron chi connectivity index (χ2n) is 8.12. The summed E-state index contributed by atoms with van der Waals surface area (Å²) >= 11 is 0. The Bertz CT molecular complexity index is 719. The van der Waals surface area contributed by atoms with Crippen molar-refractivity contribution in [2.75, 3.05) is 26.3 Å². The second-order valence-corrected chi connectivity index (χ2v) is 8.12. The zero-order valence-electron chi connectivity index (χ0n) is 17.8. The number of piperidine rings is 1. The van der Waals surface area contributed by atoms with Crippen molar-refractivity contribution < 1.29 is 32.3 Å². The first-order chi connectivity index (χ1) is 14.0. The van der Waals surface area contributed by atoms with Gasteiger partial charge in [-0.15, -0.1) is 0 Å². The first-order valence-electron chi connectivity index (χ1n) is 9.89. The third-order valence-electron chi connectivity index (χ3n) is 4.45. The van der Waals surface area contributed by atoms with E-state index in [4.69, 9.17) is 14.3 Å². The van der Waals surface area contributed by atoms with Crippen molar-refractivity contribution in [3.05, 3.63) is 35.4 Å². The molecule has 0 aliphatic carbocycles. The summed E-state index contributed by atoms with van der Waals surface area (Å²) < 4.78 is 48.9. The molecule has 1 saturated heterocycles. The van der Waals surface area contributed by atoms with Crippen molar-refractivity contribution >= 4 is 11.8 Å². The predicted octanol–water partition coefficient (Wildman–Crippen LogP) is 4.86. The first-order valence-corrected chi connectivity index (χ1v) is 9.89. The third-order valence-corrected chi connectivity index (χ3v) is 4.45. The van der Waals surface area contributed by atoms with E-state index in [0.717, 1.165) is 12.1 Å². The summed E-state index contributed by atoms with van der Waals surface area (Å²) in [4.78, 5) is 18.9. The lowest BCUT2D eigenvalue weighted by molar-refractivity contribution is -0.137. The number of carbonyl (C=O) groups excluding carboxylic acids is 1. The summed E-state index contributed by atoms with van der Waals surface area (Å²) in [6.07, 6.45) is -3.20. The number of rotatable bonds is 6. The SMILES string of the molecule is CC(=NOCCOC1CCN(C(=O)OC(C)(C)C)CC1)c1ccc(C(F)(F)F)cc1. The van der Waals surface area contributed by atoms with E-state index in [1.807, 2.05) is 20.8 Å². The van der Waals surface area contributed by atoms with Crippen LogP contribution in [0, 0.1) is 0 Å². The van der Waals surface area contributed by atoms with Crippen molar-refractivity contribution in [2.24, 2.45) is 5.16 Å². The van der Waals surface area contributed by atoms with Crippen LogP contribution < -0.4 is 0 Å². The lowest BCUT2D eigenvalue weighted by Gasteiger charge is -2.33. The summed E-state index contributed by atoms with van der Waals surface area (Å²) in [6, 6.07) is 4.75. The molecule has 1 aromatic carbocycles. The summed E-state index contributed by atoms with van der Waals surface area (Å²) in [6.45, 7) is 8.88. The van der Waals surface area contributed by atoms with Crippen molar-refractivity contribution in [2.45, 2.75) is 58.4 Å². The van der Waals surface area contributed by atoms with Crippen LogP contribution in [0.25, 0.3) is 0 Å². The molecule has 1 fully saturated rings. The Morgan fingerprint density at radius 2 is 1.70 bits per heavy atom. The molecule has 0 aromatic heterocycles. The molecule has 0 N–H and O–H groups in total. The van der Waals surface area contributed by atoms with Gasteiger partial charge in [0.15, 0.2) is 0 Å². The number of halogens is 3. The molecule has 6 nitrogen and oxygen atoms in total. The molecule has 0 atom stereocenters. The van der Waals surface area contributed by atoms with Crippen molar-refractivity contribution in [1.82, 2.24) is 4.90 Å². The molecule has 0 saturated carbocycles.